The van der Waals surface area contributed by atoms with Crippen molar-refractivity contribution in [1.29, 1.82) is 0 Å². The van der Waals surface area contributed by atoms with Crippen LogP contribution in [0.3, 0.4) is 0 Å². The second kappa shape index (κ2) is 8.94. The van der Waals surface area contributed by atoms with Crippen LogP contribution >= 0.6 is 0 Å². The number of nitrogens with one attached hydrogen (secondary N) is 1. The fourth-order valence-corrected chi connectivity index (χ4v) is 5.12. The van der Waals surface area contributed by atoms with Gasteiger partial charge in [-0.05, 0) is 31.0 Å². The Bertz CT molecular complexity index is 1450. The number of fused-ring (bicyclic) bond motifs is 1. The Labute approximate surface area is 208 Å². The number of carbonyl (C=O) groups excluding carboxylic acids is 1. The van der Waals surface area contributed by atoms with Crippen molar-refractivity contribution in [2.45, 2.75) is 25.1 Å². The summed E-state index contributed by atoms with van der Waals surface area (Å²) in [6.07, 6.45) is 3.44. The van der Waals surface area contributed by atoms with E-state index in [4.69, 9.17) is 0 Å². The van der Waals surface area contributed by atoms with E-state index in [0.717, 1.165) is 46.5 Å². The third-order valence-electron chi connectivity index (χ3n) is 7.11. The Hall–Kier alpha value is -3.80. The zero-order valence-corrected chi connectivity index (χ0v) is 19.5. The molecular weight excluding hydrogens is 490 g/mol. The second-order valence-electron chi connectivity index (χ2n) is 9.29. The molecule has 6 rings (SSSR count). The molecule has 8 nitrogen and oxygen atoms in total. The number of H-pyrrole nitrogens is 1. The number of aromatic amines is 1. The maximum Gasteiger partial charge on any atom is 0.417 e. The second-order valence-corrected chi connectivity index (χ2v) is 9.29. The number of likely N-dealkylation sites (tertiary alicyclic amines) is 2. The van der Waals surface area contributed by atoms with Crippen LogP contribution in [-0.2, 0) is 6.18 Å². The molecule has 0 unspecified atom stereocenters. The molecule has 0 aliphatic carbocycles. The van der Waals surface area contributed by atoms with E-state index in [1.54, 1.807) is 6.20 Å². The van der Waals surface area contributed by atoms with Crippen LogP contribution in [0, 0.1) is 11.9 Å². The number of benzene rings is 1. The zero-order valence-electron chi connectivity index (χ0n) is 19.5. The first kappa shape index (κ1) is 23.6. The summed E-state index contributed by atoms with van der Waals surface area (Å²) < 4.78 is 56.1. The lowest BCUT2D eigenvalue weighted by Crippen LogP contribution is -2.56. The lowest BCUT2D eigenvalue weighted by atomic mass is 9.96. The number of alkyl halides is 3. The van der Waals surface area contributed by atoms with Crippen molar-refractivity contribution in [2.24, 2.45) is 0 Å². The van der Waals surface area contributed by atoms with E-state index in [1.807, 2.05) is 23.1 Å². The molecular formula is C25H22F4N7O. The number of rotatable bonds is 4. The molecule has 1 N–H and O–H groups in total. The van der Waals surface area contributed by atoms with Gasteiger partial charge in [0.25, 0.3) is 5.91 Å². The topological polar surface area (TPSA) is 82.9 Å². The summed E-state index contributed by atoms with van der Waals surface area (Å²) in [5.41, 5.74) is 0.309. The van der Waals surface area contributed by atoms with Gasteiger partial charge in [-0.2, -0.15) is 18.3 Å². The van der Waals surface area contributed by atoms with Gasteiger partial charge in [0.1, 0.15) is 23.8 Å². The molecule has 37 heavy (non-hydrogen) atoms. The largest absolute Gasteiger partial charge is 0.417 e. The monoisotopic (exact) mass is 512 g/mol. The van der Waals surface area contributed by atoms with Crippen molar-refractivity contribution >= 4 is 16.9 Å². The average molecular weight is 512 g/mol. The smallest absolute Gasteiger partial charge is 0.346 e. The first-order chi connectivity index (χ1) is 17.8. The normalized spacial score (nSPS) is 17.9. The van der Waals surface area contributed by atoms with Gasteiger partial charge in [0, 0.05) is 55.6 Å². The summed E-state index contributed by atoms with van der Waals surface area (Å²) in [4.78, 5) is 28.1. The van der Waals surface area contributed by atoms with Crippen LogP contribution in [0.25, 0.3) is 22.3 Å². The van der Waals surface area contributed by atoms with Gasteiger partial charge in [0.15, 0.2) is 0 Å². The first-order valence-corrected chi connectivity index (χ1v) is 11.9. The van der Waals surface area contributed by atoms with Crippen LogP contribution in [0.15, 0.2) is 49.2 Å². The van der Waals surface area contributed by atoms with Gasteiger partial charge in [0.05, 0.1) is 23.0 Å². The molecule has 1 aromatic carbocycles. The van der Waals surface area contributed by atoms with Gasteiger partial charge < -0.3 is 9.88 Å². The van der Waals surface area contributed by atoms with E-state index in [-0.39, 0.29) is 19.1 Å². The molecule has 4 aromatic rings. The van der Waals surface area contributed by atoms with Gasteiger partial charge in [0.2, 0.25) is 0 Å². The Morgan fingerprint density at radius 2 is 1.86 bits per heavy atom. The fraction of sp³-hybridized carbons (Fsp3) is 0.320. The Morgan fingerprint density at radius 1 is 1.08 bits per heavy atom. The first-order valence-electron chi connectivity index (χ1n) is 11.9. The molecule has 1 radical (unpaired) electrons. The lowest BCUT2D eigenvalue weighted by Gasteiger charge is -2.46. The molecule has 2 saturated heterocycles. The standard InChI is InChI=1S/C25H22F4N7O/c26-20-3-1-2-19(25(27,28)29)21(20)24(37)34-8-5-16(6-9-34)35-12-17(13-35)36-11-15(10-33-36)22-18-4-7-30-23(18)32-14-31-22/h1-4,7,10-11,14,16H,5-6,8-9,12-13H2,(H,30,31,32). The molecule has 2 aliphatic heterocycles. The van der Waals surface area contributed by atoms with Crippen molar-refractivity contribution in [3.8, 4) is 11.3 Å². The minimum Gasteiger partial charge on any atom is -0.346 e. The number of aromatic nitrogens is 5. The molecule has 191 valence electrons. The predicted molar refractivity (Wildman–Crippen MR) is 126 cm³/mol. The molecule has 0 spiro atoms. The number of nitrogens with zero attached hydrogens (tertiary/aromatic N) is 6. The summed E-state index contributed by atoms with van der Waals surface area (Å²) in [6, 6.07) is 5.83. The van der Waals surface area contributed by atoms with Crippen LogP contribution in [0.2, 0.25) is 0 Å². The third kappa shape index (κ3) is 4.24. The molecule has 0 atom stereocenters. The predicted octanol–water partition coefficient (Wildman–Crippen LogP) is 3.98. The highest BCUT2D eigenvalue weighted by molar-refractivity contribution is 5.96. The van der Waals surface area contributed by atoms with Crippen LogP contribution in [0.1, 0.15) is 28.8 Å². The molecule has 5 heterocycles. The summed E-state index contributed by atoms with van der Waals surface area (Å²) >= 11 is 0. The van der Waals surface area contributed by atoms with Gasteiger partial charge in [-0.25, -0.2) is 14.4 Å². The fourth-order valence-electron chi connectivity index (χ4n) is 5.12. The molecule has 0 bridgehead atoms. The summed E-state index contributed by atoms with van der Waals surface area (Å²) in [7, 11) is 0. The average Bonchev–Trinajstić information content (AvgIpc) is 3.52. The van der Waals surface area contributed by atoms with Crippen LogP contribution in [-0.4, -0.2) is 72.7 Å². The van der Waals surface area contributed by atoms with Gasteiger partial charge >= 0.3 is 6.18 Å². The van der Waals surface area contributed by atoms with E-state index < -0.39 is 29.0 Å². The van der Waals surface area contributed by atoms with Gasteiger partial charge in [-0.3, -0.25) is 14.4 Å². The minimum atomic E-state index is -4.80. The number of piperidine rings is 1. The number of amides is 1. The van der Waals surface area contributed by atoms with Crippen LogP contribution in [0.5, 0.6) is 0 Å². The van der Waals surface area contributed by atoms with Crippen molar-refractivity contribution in [3.63, 3.8) is 0 Å². The number of carbonyl (C=O) groups is 1. The van der Waals surface area contributed by atoms with E-state index in [9.17, 15) is 22.4 Å². The quantitative estimate of drug-likeness (QED) is 0.419. The molecule has 0 saturated carbocycles. The Balaban J connectivity index is 1.07. The SMILES string of the molecule is O=C(c1c(F)cccc1C(F)(F)F)N1CCC(N2C[C](n3cc(-c4ncnc5[nH]ccc45)cn3)C2)CC1. The summed E-state index contributed by atoms with van der Waals surface area (Å²) in [5.74, 6) is -2.06. The summed E-state index contributed by atoms with van der Waals surface area (Å²) in [5, 5.41) is 5.41. The van der Waals surface area contributed by atoms with Crippen molar-refractivity contribution in [2.75, 3.05) is 26.2 Å². The van der Waals surface area contributed by atoms with Crippen LogP contribution < -0.4 is 0 Å². The minimum absolute atomic E-state index is 0.187. The molecule has 1 amide bonds. The molecule has 12 heteroatoms. The number of hydrogen-bond acceptors (Lipinski definition) is 5. The van der Waals surface area contributed by atoms with Crippen molar-refractivity contribution < 1.29 is 22.4 Å². The van der Waals surface area contributed by atoms with E-state index in [0.29, 0.717) is 25.9 Å². The number of halogens is 4. The van der Waals surface area contributed by atoms with E-state index >= 15 is 0 Å². The molecule has 2 aliphatic rings. The van der Waals surface area contributed by atoms with Crippen molar-refractivity contribution in [3.05, 3.63) is 72.2 Å². The molecule has 2 fully saturated rings. The third-order valence-corrected chi connectivity index (χ3v) is 7.11. The van der Waals surface area contributed by atoms with Gasteiger partial charge in [-0.1, -0.05) is 6.07 Å². The van der Waals surface area contributed by atoms with E-state index in [2.05, 4.69) is 25.0 Å². The number of hydrogen-bond donors (Lipinski definition) is 1. The summed E-state index contributed by atoms with van der Waals surface area (Å²) in [6.45, 7) is 1.95. The maximum atomic E-state index is 14.3. The van der Waals surface area contributed by atoms with Gasteiger partial charge in [-0.15, -0.1) is 0 Å². The highest BCUT2D eigenvalue weighted by Crippen LogP contribution is 2.35. The highest BCUT2D eigenvalue weighted by Gasteiger charge is 2.40. The lowest BCUT2D eigenvalue weighted by molar-refractivity contribution is -0.138. The maximum absolute atomic E-state index is 14.3. The van der Waals surface area contributed by atoms with Crippen molar-refractivity contribution in [1.82, 2.24) is 34.5 Å². The molecule has 3 aromatic heterocycles. The van der Waals surface area contributed by atoms with Crippen LogP contribution in [0.4, 0.5) is 17.6 Å². The van der Waals surface area contributed by atoms with E-state index in [1.165, 1.54) is 11.2 Å². The Morgan fingerprint density at radius 3 is 2.62 bits per heavy atom. The Kier molecular flexibility index (Phi) is 5.70. The highest BCUT2D eigenvalue weighted by atomic mass is 19.4. The zero-order chi connectivity index (χ0) is 25.7.